The third kappa shape index (κ3) is 1.66. The zero-order valence-electron chi connectivity index (χ0n) is 13.9. The minimum absolute atomic E-state index is 0.00218. The zero-order chi connectivity index (χ0) is 20.2. The Bertz CT molecular complexity index is 1210. The minimum Gasteiger partial charge on any atom is -0.410 e. The summed E-state index contributed by atoms with van der Waals surface area (Å²) in [6.45, 7) is 0. The Morgan fingerprint density at radius 3 is 1.17 bits per heavy atom. The van der Waals surface area contributed by atoms with Gasteiger partial charge in [-0.05, 0) is 24.3 Å². The van der Waals surface area contributed by atoms with Crippen LogP contribution in [0.15, 0.2) is 24.3 Å². The molecule has 2 aromatic rings. The molecule has 4 aliphatic rings. The van der Waals surface area contributed by atoms with Crippen molar-refractivity contribution in [3.63, 3.8) is 0 Å². The van der Waals surface area contributed by atoms with Gasteiger partial charge in [0.2, 0.25) is 0 Å². The van der Waals surface area contributed by atoms with E-state index in [1.807, 2.05) is 0 Å². The minimum atomic E-state index is -2.07. The fourth-order valence-electron chi connectivity index (χ4n) is 3.90. The third-order valence-corrected chi connectivity index (χ3v) is 5.19. The van der Waals surface area contributed by atoms with Gasteiger partial charge in [0.05, 0.1) is 44.5 Å². The van der Waals surface area contributed by atoms with Gasteiger partial charge in [0.25, 0.3) is 0 Å². The van der Waals surface area contributed by atoms with Crippen molar-refractivity contribution in [3.8, 4) is 0 Å². The molecular weight excluding hydrogens is 388 g/mol. The third-order valence-electron chi connectivity index (χ3n) is 5.19. The highest BCUT2D eigenvalue weighted by Gasteiger charge is 2.58. The van der Waals surface area contributed by atoms with Gasteiger partial charge >= 0.3 is 41.6 Å². The molecule has 4 heterocycles. The SMILES string of the molecule is O=C1OC(=O)c2cc3c(cc21)C(=O)OC31OC(=O)c2cc3c(cc21)C(=O)OC3=O. The van der Waals surface area contributed by atoms with Crippen LogP contribution in [0.5, 0.6) is 0 Å². The Balaban J connectivity index is 1.64. The number of carbonyl (C=O) groups excluding carboxylic acids is 6. The predicted octanol–water partition coefficient (Wildman–Crippen LogP) is 0.850. The van der Waals surface area contributed by atoms with E-state index in [-0.39, 0.29) is 44.5 Å². The molecular formula is C19H4O10. The number of fused-ring (bicyclic) bond motifs is 6. The molecule has 0 N–H and O–H groups in total. The van der Waals surface area contributed by atoms with Crippen LogP contribution >= 0.6 is 0 Å². The van der Waals surface area contributed by atoms with Crippen molar-refractivity contribution in [2.75, 3.05) is 0 Å². The Labute approximate surface area is 158 Å². The summed E-state index contributed by atoms with van der Waals surface area (Å²) in [5, 5.41) is 0. The van der Waals surface area contributed by atoms with Crippen molar-refractivity contribution in [1.82, 2.24) is 0 Å². The van der Waals surface area contributed by atoms with Crippen molar-refractivity contribution in [2.24, 2.45) is 0 Å². The molecule has 10 nitrogen and oxygen atoms in total. The number of carbonyl (C=O) groups is 6. The van der Waals surface area contributed by atoms with Gasteiger partial charge in [-0.15, -0.1) is 0 Å². The maximum absolute atomic E-state index is 12.5. The Morgan fingerprint density at radius 2 is 0.793 bits per heavy atom. The van der Waals surface area contributed by atoms with Crippen molar-refractivity contribution < 1.29 is 47.7 Å². The van der Waals surface area contributed by atoms with E-state index in [1.165, 1.54) is 12.1 Å². The Kier molecular flexibility index (Phi) is 2.46. The van der Waals surface area contributed by atoms with Gasteiger partial charge in [0.1, 0.15) is 0 Å². The smallest absolute Gasteiger partial charge is 0.346 e. The first-order chi connectivity index (χ1) is 13.8. The van der Waals surface area contributed by atoms with E-state index in [9.17, 15) is 28.8 Å². The number of esters is 6. The monoisotopic (exact) mass is 392 g/mol. The summed E-state index contributed by atoms with van der Waals surface area (Å²) < 4.78 is 19.8. The van der Waals surface area contributed by atoms with Crippen LogP contribution < -0.4 is 0 Å². The van der Waals surface area contributed by atoms with E-state index in [0.717, 1.165) is 12.1 Å². The Morgan fingerprint density at radius 1 is 0.448 bits per heavy atom. The topological polar surface area (TPSA) is 139 Å². The summed E-state index contributed by atoms with van der Waals surface area (Å²) in [7, 11) is 0. The molecule has 0 bridgehead atoms. The Hall–Kier alpha value is -4.34. The van der Waals surface area contributed by atoms with Crippen molar-refractivity contribution >= 4 is 35.8 Å². The van der Waals surface area contributed by atoms with Gasteiger partial charge in [-0.25, -0.2) is 28.8 Å². The molecule has 6 rings (SSSR count). The summed E-state index contributed by atoms with van der Waals surface area (Å²) in [6, 6.07) is 4.63. The molecule has 4 aliphatic heterocycles. The average Bonchev–Trinajstić information content (AvgIpc) is 3.32. The van der Waals surface area contributed by atoms with Crippen LogP contribution in [0.1, 0.15) is 73.3 Å². The van der Waals surface area contributed by atoms with Gasteiger partial charge in [-0.1, -0.05) is 0 Å². The fraction of sp³-hybridized carbons (Fsp3) is 0.0526. The lowest BCUT2D eigenvalue weighted by Crippen LogP contribution is -2.28. The molecule has 0 atom stereocenters. The van der Waals surface area contributed by atoms with Gasteiger partial charge in [0.15, 0.2) is 0 Å². The molecule has 10 heteroatoms. The molecule has 0 amide bonds. The van der Waals surface area contributed by atoms with E-state index in [2.05, 4.69) is 9.47 Å². The lowest BCUT2D eigenvalue weighted by molar-refractivity contribution is -0.126. The molecule has 0 fully saturated rings. The van der Waals surface area contributed by atoms with Crippen LogP contribution in [-0.4, -0.2) is 35.8 Å². The van der Waals surface area contributed by atoms with Gasteiger partial charge < -0.3 is 18.9 Å². The number of rotatable bonds is 0. The summed E-state index contributed by atoms with van der Waals surface area (Å²) in [5.41, 5.74) is -0.676. The molecule has 29 heavy (non-hydrogen) atoms. The molecule has 1 spiro atoms. The molecule has 0 radical (unpaired) electrons. The fourth-order valence-corrected chi connectivity index (χ4v) is 3.90. The first-order valence-corrected chi connectivity index (χ1v) is 8.17. The van der Waals surface area contributed by atoms with Crippen LogP contribution in [-0.2, 0) is 24.7 Å². The van der Waals surface area contributed by atoms with Crippen LogP contribution in [0.2, 0.25) is 0 Å². The molecule has 0 aliphatic carbocycles. The summed E-state index contributed by atoms with van der Waals surface area (Å²) in [4.78, 5) is 72.4. The number of hydrogen-bond acceptors (Lipinski definition) is 10. The molecule has 0 saturated carbocycles. The molecule has 140 valence electrons. The molecule has 0 saturated heterocycles. The van der Waals surface area contributed by atoms with Crippen LogP contribution in [0.25, 0.3) is 0 Å². The van der Waals surface area contributed by atoms with E-state index in [1.54, 1.807) is 0 Å². The number of cyclic esters (lactones) is 4. The molecule has 0 aromatic heterocycles. The molecule has 0 unspecified atom stereocenters. The highest BCUT2D eigenvalue weighted by atomic mass is 16.7. The second-order valence-corrected chi connectivity index (χ2v) is 6.64. The normalized spacial score (nSPS) is 19.4. The van der Waals surface area contributed by atoms with Gasteiger partial charge in [-0.2, -0.15) is 0 Å². The largest absolute Gasteiger partial charge is 0.410 e. The summed E-state index contributed by atoms with van der Waals surface area (Å²) >= 11 is 0. The van der Waals surface area contributed by atoms with Gasteiger partial charge in [-0.3, -0.25) is 0 Å². The lowest BCUT2D eigenvalue weighted by Gasteiger charge is -2.23. The number of ether oxygens (including phenoxy) is 4. The first-order valence-electron chi connectivity index (χ1n) is 8.17. The van der Waals surface area contributed by atoms with Crippen molar-refractivity contribution in [3.05, 3.63) is 68.8 Å². The standard InChI is InChI=1S/C19H4O10/c20-13-5-1-9-11(3-7(5)15(22)26-13)19(28-17(9)24)12-4-8-6(14(21)27-16(8)23)2-10(12)18(25)29-19/h1-4H. The zero-order valence-corrected chi connectivity index (χ0v) is 13.9. The number of hydrogen-bond donors (Lipinski definition) is 0. The van der Waals surface area contributed by atoms with Gasteiger partial charge in [0, 0.05) is 0 Å². The summed E-state index contributed by atoms with van der Waals surface area (Å²) in [5.74, 6) is -7.55. The lowest BCUT2D eigenvalue weighted by atomic mass is 9.89. The first kappa shape index (κ1) is 15.7. The highest BCUT2D eigenvalue weighted by molar-refractivity contribution is 6.18. The van der Waals surface area contributed by atoms with Crippen LogP contribution in [0.4, 0.5) is 0 Å². The number of benzene rings is 2. The van der Waals surface area contributed by atoms with Crippen molar-refractivity contribution in [2.45, 2.75) is 5.79 Å². The van der Waals surface area contributed by atoms with E-state index < -0.39 is 41.6 Å². The van der Waals surface area contributed by atoms with E-state index in [4.69, 9.17) is 9.47 Å². The van der Waals surface area contributed by atoms with E-state index in [0.29, 0.717) is 0 Å². The van der Waals surface area contributed by atoms with Crippen LogP contribution in [0.3, 0.4) is 0 Å². The summed E-state index contributed by atoms with van der Waals surface area (Å²) in [6.07, 6.45) is 0. The maximum atomic E-state index is 12.5. The highest BCUT2D eigenvalue weighted by Crippen LogP contribution is 2.50. The van der Waals surface area contributed by atoms with E-state index >= 15 is 0 Å². The maximum Gasteiger partial charge on any atom is 0.346 e. The average molecular weight is 392 g/mol. The second-order valence-electron chi connectivity index (χ2n) is 6.64. The van der Waals surface area contributed by atoms with Crippen molar-refractivity contribution in [1.29, 1.82) is 0 Å². The second kappa shape index (κ2) is 4.55. The van der Waals surface area contributed by atoms with Crippen LogP contribution in [0, 0.1) is 0 Å². The molecule has 2 aromatic carbocycles. The quantitative estimate of drug-likeness (QED) is 0.360. The predicted molar refractivity (Wildman–Crippen MR) is 84.0 cm³/mol.